The van der Waals surface area contributed by atoms with Crippen molar-refractivity contribution in [3.63, 3.8) is 0 Å². The highest BCUT2D eigenvalue weighted by atomic mass is 127. The number of fused-ring (bicyclic) bond motifs is 1. The molecule has 2 aromatic rings. The number of rotatable bonds is 3. The van der Waals surface area contributed by atoms with Gasteiger partial charge in [0.2, 0.25) is 10.1 Å². The summed E-state index contributed by atoms with van der Waals surface area (Å²) in [6.07, 6.45) is 2.68. The number of nitrogens with one attached hydrogen (secondary N) is 1. The summed E-state index contributed by atoms with van der Waals surface area (Å²) in [6.45, 7) is 1.02. The molecule has 1 aliphatic rings. The summed E-state index contributed by atoms with van der Waals surface area (Å²) < 4.78 is 2.49. The third kappa shape index (κ3) is 1.94. The molecular weight excluding hydrogens is 347 g/mol. The first kappa shape index (κ1) is 10.1. The van der Waals surface area contributed by atoms with E-state index >= 15 is 0 Å². The van der Waals surface area contributed by atoms with Gasteiger partial charge in [-0.2, -0.15) is 4.52 Å². The van der Waals surface area contributed by atoms with Crippen molar-refractivity contribution in [3.05, 3.63) is 8.85 Å². The first-order valence-electron chi connectivity index (χ1n) is 4.68. The Morgan fingerprint density at radius 1 is 1.60 bits per heavy atom. The molecule has 0 spiro atoms. The summed E-state index contributed by atoms with van der Waals surface area (Å²) in [6, 6.07) is 0. The smallest absolute Gasteiger partial charge is 0.216 e. The Morgan fingerprint density at radius 3 is 3.07 bits per heavy atom. The number of anilines is 1. The minimum atomic E-state index is 0.598. The lowest BCUT2D eigenvalue weighted by atomic mass is 10.4. The van der Waals surface area contributed by atoms with Gasteiger partial charge >= 0.3 is 0 Å². The van der Waals surface area contributed by atoms with Crippen LogP contribution in [0.15, 0.2) is 0 Å². The Morgan fingerprint density at radius 2 is 2.40 bits per heavy atom. The molecule has 1 aliphatic carbocycles. The zero-order valence-electron chi connectivity index (χ0n) is 7.70. The molecule has 15 heavy (non-hydrogen) atoms. The molecule has 0 bridgehead atoms. The highest BCUT2D eigenvalue weighted by Gasteiger charge is 2.21. The maximum Gasteiger partial charge on any atom is 0.216 e. The minimum absolute atomic E-state index is 0.598. The molecule has 0 radical (unpaired) electrons. The van der Waals surface area contributed by atoms with Crippen LogP contribution in [-0.4, -0.2) is 21.1 Å². The van der Waals surface area contributed by atoms with Crippen LogP contribution < -0.4 is 5.32 Å². The first-order valence-corrected chi connectivity index (χ1v) is 6.96. The van der Waals surface area contributed by atoms with Crippen LogP contribution in [0.3, 0.4) is 0 Å². The number of hydrogen-bond donors (Lipinski definition) is 1. The maximum atomic E-state index is 6.04. The summed E-state index contributed by atoms with van der Waals surface area (Å²) in [5.74, 6) is 0.844. The van der Waals surface area contributed by atoms with E-state index < -0.39 is 0 Å². The monoisotopic (exact) mass is 354 g/mol. The van der Waals surface area contributed by atoms with Crippen molar-refractivity contribution in [1.82, 2.24) is 14.6 Å². The van der Waals surface area contributed by atoms with Crippen molar-refractivity contribution in [1.29, 1.82) is 0 Å². The van der Waals surface area contributed by atoms with Crippen molar-refractivity contribution >= 4 is 55.6 Å². The number of nitrogens with zero attached hydrogens (tertiary/aromatic N) is 3. The van der Waals surface area contributed by atoms with Crippen LogP contribution in [-0.2, 0) is 0 Å². The molecule has 4 nitrogen and oxygen atoms in total. The van der Waals surface area contributed by atoms with E-state index in [-0.39, 0.29) is 0 Å². The molecule has 0 saturated heterocycles. The van der Waals surface area contributed by atoms with Gasteiger partial charge in [-0.1, -0.05) is 22.9 Å². The average Bonchev–Trinajstić information content (AvgIpc) is 2.90. The summed E-state index contributed by atoms with van der Waals surface area (Å²) in [5, 5.41) is 9.18. The Balaban J connectivity index is 1.86. The van der Waals surface area contributed by atoms with Crippen LogP contribution in [0.4, 0.5) is 5.13 Å². The molecule has 0 aliphatic heterocycles. The van der Waals surface area contributed by atoms with E-state index in [2.05, 4.69) is 38.0 Å². The molecule has 7 heteroatoms. The summed E-state index contributed by atoms with van der Waals surface area (Å²) in [7, 11) is 0. The standard InChI is InChI=1S/C8H8ClIN4S/c9-5-6(10)12-8-14(5)13-7(15-8)11-3-4-1-2-4/h4H,1-3H2,(H,11,13). The predicted octanol–water partition coefficient (Wildman–Crippen LogP) is 2.87. The van der Waals surface area contributed by atoms with E-state index in [0.717, 1.165) is 26.3 Å². The average molecular weight is 355 g/mol. The van der Waals surface area contributed by atoms with Crippen LogP contribution in [0.2, 0.25) is 5.15 Å². The molecular formula is C8H8ClIN4S. The lowest BCUT2D eigenvalue weighted by Crippen LogP contribution is -2.03. The largest absolute Gasteiger partial charge is 0.360 e. The van der Waals surface area contributed by atoms with E-state index in [1.807, 2.05) is 0 Å². The SMILES string of the molecule is Clc1c(I)nc2sc(NCC3CC3)nn12. The van der Waals surface area contributed by atoms with Gasteiger partial charge in [0.25, 0.3) is 0 Å². The zero-order valence-corrected chi connectivity index (χ0v) is 11.4. The molecule has 3 rings (SSSR count). The van der Waals surface area contributed by atoms with Crippen LogP contribution in [0.1, 0.15) is 12.8 Å². The fourth-order valence-corrected chi connectivity index (χ4v) is 2.96. The van der Waals surface area contributed by atoms with Gasteiger partial charge in [0.05, 0.1) is 0 Å². The molecule has 2 aromatic heterocycles. The predicted molar refractivity (Wildman–Crippen MR) is 69.8 cm³/mol. The molecule has 0 amide bonds. The molecule has 2 heterocycles. The van der Waals surface area contributed by atoms with Crippen molar-refractivity contribution in [3.8, 4) is 0 Å². The molecule has 0 aromatic carbocycles. The number of aromatic nitrogens is 3. The van der Waals surface area contributed by atoms with E-state index in [0.29, 0.717) is 5.15 Å². The van der Waals surface area contributed by atoms with Crippen molar-refractivity contribution < 1.29 is 0 Å². The van der Waals surface area contributed by atoms with Gasteiger partial charge < -0.3 is 5.32 Å². The Labute approximate surface area is 109 Å². The third-order valence-corrected chi connectivity index (χ3v) is 4.63. The van der Waals surface area contributed by atoms with Gasteiger partial charge in [0.15, 0.2) is 5.15 Å². The quantitative estimate of drug-likeness (QED) is 0.862. The third-order valence-electron chi connectivity index (χ3n) is 2.35. The number of imidazole rings is 1. The van der Waals surface area contributed by atoms with Gasteiger partial charge in [-0.3, -0.25) is 0 Å². The summed E-state index contributed by atoms with van der Waals surface area (Å²) >= 11 is 9.69. The molecule has 1 saturated carbocycles. The van der Waals surface area contributed by atoms with Gasteiger partial charge in [-0.25, -0.2) is 4.98 Å². The minimum Gasteiger partial charge on any atom is -0.360 e. The summed E-state index contributed by atoms with van der Waals surface area (Å²) in [4.78, 5) is 5.16. The van der Waals surface area contributed by atoms with Gasteiger partial charge in [-0.15, -0.1) is 5.10 Å². The van der Waals surface area contributed by atoms with E-state index in [4.69, 9.17) is 11.6 Å². The lowest BCUT2D eigenvalue weighted by Gasteiger charge is -1.97. The molecule has 0 atom stereocenters. The second kappa shape index (κ2) is 3.74. The first-order chi connectivity index (χ1) is 7.24. The topological polar surface area (TPSA) is 42.2 Å². The highest BCUT2D eigenvalue weighted by Crippen LogP contribution is 2.30. The van der Waals surface area contributed by atoms with Gasteiger partial charge in [-0.05, 0) is 41.4 Å². The Hall–Kier alpha value is -0.0800. The van der Waals surface area contributed by atoms with Crippen molar-refractivity contribution in [2.24, 2.45) is 5.92 Å². The molecule has 1 N–H and O–H groups in total. The highest BCUT2D eigenvalue weighted by molar-refractivity contribution is 14.1. The Kier molecular flexibility index (Phi) is 2.52. The fourth-order valence-electron chi connectivity index (χ4n) is 1.32. The molecule has 80 valence electrons. The zero-order chi connectivity index (χ0) is 10.4. The van der Waals surface area contributed by atoms with E-state index in [1.54, 1.807) is 15.9 Å². The normalized spacial score (nSPS) is 16.1. The second-order valence-corrected chi connectivity index (χ2v) is 5.96. The van der Waals surface area contributed by atoms with Crippen LogP contribution >= 0.6 is 45.5 Å². The van der Waals surface area contributed by atoms with Crippen LogP contribution in [0, 0.1) is 9.62 Å². The second-order valence-electron chi connectivity index (χ2n) is 3.62. The van der Waals surface area contributed by atoms with Gasteiger partial charge in [0, 0.05) is 6.54 Å². The molecule has 0 unspecified atom stereocenters. The lowest BCUT2D eigenvalue weighted by molar-refractivity contribution is 0.874. The fraction of sp³-hybridized carbons (Fsp3) is 0.500. The van der Waals surface area contributed by atoms with Gasteiger partial charge in [0.1, 0.15) is 3.70 Å². The molecule has 1 fully saturated rings. The summed E-state index contributed by atoms with van der Waals surface area (Å²) in [5.41, 5.74) is 0. The maximum absolute atomic E-state index is 6.04. The van der Waals surface area contributed by atoms with Crippen molar-refractivity contribution in [2.45, 2.75) is 12.8 Å². The van der Waals surface area contributed by atoms with Crippen LogP contribution in [0.5, 0.6) is 0 Å². The Bertz CT molecular complexity index is 504. The van der Waals surface area contributed by atoms with Crippen molar-refractivity contribution in [2.75, 3.05) is 11.9 Å². The van der Waals surface area contributed by atoms with E-state index in [9.17, 15) is 0 Å². The van der Waals surface area contributed by atoms with E-state index in [1.165, 1.54) is 12.8 Å². The number of halogens is 2. The van der Waals surface area contributed by atoms with Crippen LogP contribution in [0.25, 0.3) is 4.96 Å². The number of hydrogen-bond acceptors (Lipinski definition) is 4.